The molecule has 2 atom stereocenters. The second-order valence-corrected chi connectivity index (χ2v) is 6.66. The largest absolute Gasteiger partial charge is 0.389 e. The molecular formula is C9H18N2O4S. The van der Waals surface area contributed by atoms with Gasteiger partial charge in [0.2, 0.25) is 10.0 Å². The van der Waals surface area contributed by atoms with Crippen LogP contribution in [-0.4, -0.2) is 66.6 Å². The second-order valence-electron chi connectivity index (χ2n) is 4.45. The summed E-state index contributed by atoms with van der Waals surface area (Å²) in [6, 6.07) is 0. The Morgan fingerprint density at radius 3 is 2.06 bits per heavy atom. The summed E-state index contributed by atoms with van der Waals surface area (Å²) >= 11 is 0. The molecule has 0 aromatic heterocycles. The van der Waals surface area contributed by atoms with Crippen LogP contribution in [-0.2, 0) is 10.0 Å². The lowest BCUT2D eigenvalue weighted by atomic mass is 10.2. The van der Waals surface area contributed by atoms with Crippen LogP contribution in [0.1, 0.15) is 12.8 Å². The first kappa shape index (κ1) is 12.3. The number of hydrogen-bond acceptors (Lipinski definition) is 5. The topological polar surface area (TPSA) is 89.9 Å². The number of piperidine rings is 1. The maximum Gasteiger partial charge on any atom is 0.217 e. The molecule has 2 saturated heterocycles. The van der Waals surface area contributed by atoms with E-state index in [1.807, 2.05) is 0 Å². The maximum absolute atomic E-state index is 12.2. The van der Waals surface area contributed by atoms with Gasteiger partial charge >= 0.3 is 0 Å². The lowest BCUT2D eigenvalue weighted by molar-refractivity contribution is 0.0572. The van der Waals surface area contributed by atoms with E-state index in [1.165, 1.54) is 4.31 Å². The lowest BCUT2D eigenvalue weighted by Crippen LogP contribution is -2.43. The molecule has 0 aromatic carbocycles. The minimum absolute atomic E-state index is 0.0213. The number of nitrogens with zero attached hydrogens (tertiary/aromatic N) is 1. The number of nitrogens with one attached hydrogen (secondary N) is 1. The third-order valence-corrected chi connectivity index (χ3v) is 5.62. The van der Waals surface area contributed by atoms with E-state index >= 15 is 0 Å². The lowest BCUT2D eigenvalue weighted by Gasteiger charge is -2.27. The van der Waals surface area contributed by atoms with Crippen LogP contribution >= 0.6 is 0 Å². The normalized spacial score (nSPS) is 34.4. The number of aliphatic hydroxyl groups is 2. The van der Waals surface area contributed by atoms with Crippen LogP contribution < -0.4 is 5.32 Å². The number of hydrogen-bond donors (Lipinski definition) is 3. The van der Waals surface area contributed by atoms with E-state index < -0.39 is 22.2 Å². The molecule has 0 bridgehead atoms. The van der Waals surface area contributed by atoms with Crippen LogP contribution in [0.2, 0.25) is 0 Å². The first-order valence-corrected chi connectivity index (χ1v) is 7.08. The summed E-state index contributed by atoms with van der Waals surface area (Å²) in [5.74, 6) is 0. The summed E-state index contributed by atoms with van der Waals surface area (Å²) < 4.78 is 25.5. The Labute approximate surface area is 95.3 Å². The molecular weight excluding hydrogens is 232 g/mol. The predicted octanol–water partition coefficient (Wildman–Crippen LogP) is -1.89. The first-order chi connectivity index (χ1) is 7.51. The maximum atomic E-state index is 12.2. The number of aliphatic hydroxyl groups excluding tert-OH is 2. The summed E-state index contributed by atoms with van der Waals surface area (Å²) in [7, 11) is -3.35. The van der Waals surface area contributed by atoms with E-state index in [2.05, 4.69) is 5.32 Å². The molecule has 2 heterocycles. The van der Waals surface area contributed by atoms with Gasteiger partial charge < -0.3 is 15.5 Å². The zero-order valence-electron chi connectivity index (χ0n) is 9.04. The van der Waals surface area contributed by atoms with Crippen LogP contribution in [0.3, 0.4) is 0 Å². The van der Waals surface area contributed by atoms with Gasteiger partial charge in [0.25, 0.3) is 0 Å². The molecule has 6 nitrogen and oxygen atoms in total. The van der Waals surface area contributed by atoms with Gasteiger partial charge in [-0.1, -0.05) is 0 Å². The zero-order chi connectivity index (χ0) is 11.8. The third kappa shape index (κ3) is 2.23. The van der Waals surface area contributed by atoms with Gasteiger partial charge in [-0.2, -0.15) is 4.31 Å². The Bertz CT molecular complexity index is 329. The van der Waals surface area contributed by atoms with Gasteiger partial charge in [-0.25, -0.2) is 8.42 Å². The zero-order valence-corrected chi connectivity index (χ0v) is 9.86. The highest BCUT2D eigenvalue weighted by Crippen LogP contribution is 2.22. The standard InChI is InChI=1S/C9H18N2O4S/c12-8-5-11(6-9(8)13)16(14,15)7-1-3-10-4-2-7/h7-10,12-13H,1-6H2. The highest BCUT2D eigenvalue weighted by molar-refractivity contribution is 7.89. The molecule has 2 unspecified atom stereocenters. The fraction of sp³-hybridized carbons (Fsp3) is 1.00. The summed E-state index contributed by atoms with van der Waals surface area (Å²) in [4.78, 5) is 0. The SMILES string of the molecule is O=S(=O)(C1CCNCC1)N1CC(O)C(O)C1. The summed E-state index contributed by atoms with van der Waals surface area (Å²) in [6.07, 6.45) is -0.691. The van der Waals surface area contributed by atoms with Crippen molar-refractivity contribution in [1.82, 2.24) is 9.62 Å². The Balaban J connectivity index is 2.07. The molecule has 2 rings (SSSR count). The van der Waals surface area contributed by atoms with Crippen molar-refractivity contribution in [3.63, 3.8) is 0 Å². The van der Waals surface area contributed by atoms with Crippen LogP contribution in [0.25, 0.3) is 0 Å². The quantitative estimate of drug-likeness (QED) is 0.533. The van der Waals surface area contributed by atoms with Crippen molar-refractivity contribution in [2.45, 2.75) is 30.3 Å². The van der Waals surface area contributed by atoms with Gasteiger partial charge in [0.15, 0.2) is 0 Å². The van der Waals surface area contributed by atoms with E-state index in [9.17, 15) is 18.6 Å². The molecule has 7 heteroatoms. The first-order valence-electron chi connectivity index (χ1n) is 5.57. The van der Waals surface area contributed by atoms with E-state index in [-0.39, 0.29) is 18.3 Å². The van der Waals surface area contributed by atoms with Crippen molar-refractivity contribution in [3.05, 3.63) is 0 Å². The van der Waals surface area contributed by atoms with E-state index in [1.54, 1.807) is 0 Å². The predicted molar refractivity (Wildman–Crippen MR) is 58.4 cm³/mol. The molecule has 0 saturated carbocycles. The van der Waals surface area contributed by atoms with Gasteiger partial charge in [0.05, 0.1) is 17.5 Å². The molecule has 2 fully saturated rings. The molecule has 0 amide bonds. The molecule has 2 aliphatic rings. The van der Waals surface area contributed by atoms with Crippen molar-refractivity contribution in [2.75, 3.05) is 26.2 Å². The minimum atomic E-state index is -3.35. The third-order valence-electron chi connectivity index (χ3n) is 3.29. The molecule has 0 aliphatic carbocycles. The molecule has 16 heavy (non-hydrogen) atoms. The Kier molecular flexibility index (Phi) is 3.50. The number of sulfonamides is 1. The number of β-amino-alcohol motifs (C(OH)–C–C–N with tert-alkyl or cyclic N) is 2. The fourth-order valence-electron chi connectivity index (χ4n) is 2.25. The average Bonchev–Trinajstić information content (AvgIpc) is 2.61. The van der Waals surface area contributed by atoms with Crippen LogP contribution in [0, 0.1) is 0 Å². The van der Waals surface area contributed by atoms with Crippen LogP contribution in [0.15, 0.2) is 0 Å². The van der Waals surface area contributed by atoms with Crippen molar-refractivity contribution in [1.29, 1.82) is 0 Å². The Morgan fingerprint density at radius 2 is 1.56 bits per heavy atom. The molecule has 0 radical (unpaired) electrons. The van der Waals surface area contributed by atoms with Gasteiger partial charge in [-0.3, -0.25) is 0 Å². The molecule has 0 aromatic rings. The van der Waals surface area contributed by atoms with Crippen LogP contribution in [0.4, 0.5) is 0 Å². The Hall–Kier alpha value is -0.210. The van der Waals surface area contributed by atoms with Crippen molar-refractivity contribution in [2.24, 2.45) is 0 Å². The number of rotatable bonds is 2. The van der Waals surface area contributed by atoms with Gasteiger partial charge in [0.1, 0.15) is 0 Å². The summed E-state index contributed by atoms with van der Waals surface area (Å²) in [5.41, 5.74) is 0. The van der Waals surface area contributed by atoms with Gasteiger partial charge in [0, 0.05) is 13.1 Å². The molecule has 0 spiro atoms. The van der Waals surface area contributed by atoms with Crippen molar-refractivity contribution < 1.29 is 18.6 Å². The average molecular weight is 250 g/mol. The summed E-state index contributed by atoms with van der Waals surface area (Å²) in [5, 5.41) is 21.5. The second kappa shape index (κ2) is 4.58. The van der Waals surface area contributed by atoms with E-state index in [4.69, 9.17) is 0 Å². The van der Waals surface area contributed by atoms with E-state index in [0.29, 0.717) is 25.9 Å². The molecule has 3 N–H and O–H groups in total. The Morgan fingerprint density at radius 1 is 1.06 bits per heavy atom. The summed E-state index contributed by atoms with van der Waals surface area (Å²) in [6.45, 7) is 1.46. The highest BCUT2D eigenvalue weighted by Gasteiger charge is 2.40. The fourth-order valence-corrected chi connectivity index (χ4v) is 4.22. The van der Waals surface area contributed by atoms with Gasteiger partial charge in [-0.15, -0.1) is 0 Å². The highest BCUT2D eigenvalue weighted by atomic mass is 32.2. The van der Waals surface area contributed by atoms with Gasteiger partial charge in [-0.05, 0) is 25.9 Å². The monoisotopic (exact) mass is 250 g/mol. The van der Waals surface area contributed by atoms with Crippen molar-refractivity contribution in [3.8, 4) is 0 Å². The minimum Gasteiger partial charge on any atom is -0.389 e. The van der Waals surface area contributed by atoms with E-state index in [0.717, 1.165) is 0 Å². The smallest absolute Gasteiger partial charge is 0.217 e. The van der Waals surface area contributed by atoms with Crippen molar-refractivity contribution >= 4 is 10.0 Å². The molecule has 94 valence electrons. The molecule has 2 aliphatic heterocycles. The van der Waals surface area contributed by atoms with Crippen LogP contribution in [0.5, 0.6) is 0 Å².